The first-order valence-electron chi connectivity index (χ1n) is 8.77. The lowest BCUT2D eigenvalue weighted by molar-refractivity contribution is 0.0693. The molecule has 26 heavy (non-hydrogen) atoms. The number of hydrogen-bond acceptors (Lipinski definition) is 3. The van der Waals surface area contributed by atoms with Crippen molar-refractivity contribution in [3.63, 3.8) is 0 Å². The third-order valence-corrected chi connectivity index (χ3v) is 4.79. The second-order valence-corrected chi connectivity index (χ2v) is 6.84. The summed E-state index contributed by atoms with van der Waals surface area (Å²) in [5.74, 6) is -1.43. The molecular formula is C19H23F2N3O2. The summed E-state index contributed by atoms with van der Waals surface area (Å²) < 4.78 is 35.4. The molecule has 0 radical (unpaired) electrons. The van der Waals surface area contributed by atoms with Gasteiger partial charge in [-0.3, -0.25) is 4.79 Å². The first-order valence-corrected chi connectivity index (χ1v) is 8.77. The molecule has 0 N–H and O–H groups in total. The molecule has 1 amide bonds. The summed E-state index contributed by atoms with van der Waals surface area (Å²) in [5, 5.41) is 0. The standard InChI is InChI=1S/C19H23F2N3O2/c1-12(2)24-8-6-22-18(24)13-5-4-7-23(11-13)19(25)17-15(20)9-14(26-3)10-16(17)21/h6,8-10,12-13H,4-5,7,11H2,1-3H3/t13-/m0/s1. The van der Waals surface area contributed by atoms with E-state index in [-0.39, 0.29) is 17.7 Å². The molecule has 0 bridgehead atoms. The van der Waals surface area contributed by atoms with Crippen LogP contribution in [0.4, 0.5) is 8.78 Å². The van der Waals surface area contributed by atoms with Crippen molar-refractivity contribution in [3.05, 3.63) is 47.5 Å². The van der Waals surface area contributed by atoms with Gasteiger partial charge in [0.2, 0.25) is 0 Å². The molecule has 7 heteroatoms. The van der Waals surface area contributed by atoms with Crippen LogP contribution in [0.5, 0.6) is 5.75 Å². The summed E-state index contributed by atoms with van der Waals surface area (Å²) >= 11 is 0. The van der Waals surface area contributed by atoms with Gasteiger partial charge in [-0.15, -0.1) is 0 Å². The average Bonchev–Trinajstić information content (AvgIpc) is 3.11. The lowest BCUT2D eigenvalue weighted by Crippen LogP contribution is -2.40. The summed E-state index contributed by atoms with van der Waals surface area (Å²) in [6.45, 7) is 5.01. The largest absolute Gasteiger partial charge is 0.497 e. The van der Waals surface area contributed by atoms with E-state index >= 15 is 0 Å². The third-order valence-electron chi connectivity index (χ3n) is 4.79. The summed E-state index contributed by atoms with van der Waals surface area (Å²) in [5.41, 5.74) is -0.529. The molecule has 1 aliphatic rings. The topological polar surface area (TPSA) is 47.4 Å². The molecule has 0 aliphatic carbocycles. The number of ether oxygens (including phenoxy) is 1. The van der Waals surface area contributed by atoms with Crippen LogP contribution in [0.15, 0.2) is 24.5 Å². The normalized spacial score (nSPS) is 17.6. The fourth-order valence-corrected chi connectivity index (χ4v) is 3.48. The Hall–Kier alpha value is -2.44. The number of piperidine rings is 1. The molecule has 0 saturated carbocycles. The van der Waals surface area contributed by atoms with Crippen LogP contribution in [0.1, 0.15) is 54.8 Å². The average molecular weight is 363 g/mol. The van der Waals surface area contributed by atoms with Crippen LogP contribution < -0.4 is 4.74 Å². The van der Waals surface area contributed by atoms with Gasteiger partial charge in [0.05, 0.1) is 7.11 Å². The Bertz CT molecular complexity index is 781. The van der Waals surface area contributed by atoms with Crippen LogP contribution >= 0.6 is 0 Å². The highest BCUT2D eigenvalue weighted by Crippen LogP contribution is 2.29. The molecule has 0 unspecified atom stereocenters. The number of likely N-dealkylation sites (tertiary alicyclic amines) is 1. The fourth-order valence-electron chi connectivity index (χ4n) is 3.48. The Morgan fingerprint density at radius 1 is 1.31 bits per heavy atom. The summed E-state index contributed by atoms with van der Waals surface area (Å²) in [6.07, 6.45) is 5.32. The molecule has 140 valence electrons. The van der Waals surface area contributed by atoms with Crippen molar-refractivity contribution in [2.45, 2.75) is 38.6 Å². The summed E-state index contributed by atoms with van der Waals surface area (Å²) in [4.78, 5) is 18.7. The van der Waals surface area contributed by atoms with Gasteiger partial charge < -0.3 is 14.2 Å². The highest BCUT2D eigenvalue weighted by atomic mass is 19.1. The van der Waals surface area contributed by atoms with Gasteiger partial charge in [0.1, 0.15) is 28.8 Å². The number of benzene rings is 1. The van der Waals surface area contributed by atoms with E-state index in [2.05, 4.69) is 23.4 Å². The SMILES string of the molecule is COc1cc(F)c(C(=O)N2CCC[C@H](c3nccn3C(C)C)C2)c(F)c1. The molecule has 2 aromatic rings. The highest BCUT2D eigenvalue weighted by molar-refractivity contribution is 5.95. The minimum Gasteiger partial charge on any atom is -0.497 e. The number of aromatic nitrogens is 2. The molecule has 1 fully saturated rings. The van der Waals surface area contributed by atoms with Gasteiger partial charge in [0.25, 0.3) is 5.91 Å². The van der Waals surface area contributed by atoms with E-state index in [0.717, 1.165) is 30.8 Å². The van der Waals surface area contributed by atoms with Crippen molar-refractivity contribution in [2.75, 3.05) is 20.2 Å². The van der Waals surface area contributed by atoms with Crippen LogP contribution in [0.25, 0.3) is 0 Å². The fraction of sp³-hybridized carbons (Fsp3) is 0.474. The predicted molar refractivity (Wildman–Crippen MR) is 93.4 cm³/mol. The van der Waals surface area contributed by atoms with E-state index in [0.29, 0.717) is 13.1 Å². The highest BCUT2D eigenvalue weighted by Gasteiger charge is 2.31. The number of hydrogen-bond donors (Lipinski definition) is 0. The van der Waals surface area contributed by atoms with Crippen molar-refractivity contribution >= 4 is 5.91 Å². The maximum atomic E-state index is 14.3. The molecule has 3 rings (SSSR count). The van der Waals surface area contributed by atoms with Crippen molar-refractivity contribution in [2.24, 2.45) is 0 Å². The van der Waals surface area contributed by atoms with Crippen LogP contribution in [0.3, 0.4) is 0 Å². The second kappa shape index (κ2) is 7.43. The molecule has 1 aromatic carbocycles. The minimum absolute atomic E-state index is 0.0482. The van der Waals surface area contributed by atoms with Gasteiger partial charge in [-0.2, -0.15) is 0 Å². The van der Waals surface area contributed by atoms with E-state index in [1.807, 2.05) is 6.20 Å². The second-order valence-electron chi connectivity index (χ2n) is 6.84. The Labute approximate surface area is 151 Å². The van der Waals surface area contributed by atoms with E-state index < -0.39 is 23.1 Å². The quantitative estimate of drug-likeness (QED) is 0.831. The monoisotopic (exact) mass is 363 g/mol. The Morgan fingerprint density at radius 3 is 2.62 bits per heavy atom. The smallest absolute Gasteiger partial charge is 0.259 e. The maximum Gasteiger partial charge on any atom is 0.259 e. The van der Waals surface area contributed by atoms with Crippen molar-refractivity contribution in [3.8, 4) is 5.75 Å². The van der Waals surface area contributed by atoms with Gasteiger partial charge in [0.15, 0.2) is 0 Å². The van der Waals surface area contributed by atoms with Crippen molar-refractivity contribution in [1.29, 1.82) is 0 Å². The number of carbonyl (C=O) groups is 1. The Kier molecular flexibility index (Phi) is 5.25. The van der Waals surface area contributed by atoms with E-state index in [4.69, 9.17) is 4.74 Å². The van der Waals surface area contributed by atoms with Crippen LogP contribution in [0, 0.1) is 11.6 Å². The lowest BCUT2D eigenvalue weighted by atomic mass is 9.96. The van der Waals surface area contributed by atoms with E-state index in [1.54, 1.807) is 6.20 Å². The first-order chi connectivity index (χ1) is 12.4. The maximum absolute atomic E-state index is 14.3. The minimum atomic E-state index is -0.905. The molecule has 1 aromatic heterocycles. The number of nitrogens with zero attached hydrogens (tertiary/aromatic N) is 3. The zero-order valence-electron chi connectivity index (χ0n) is 15.2. The van der Waals surface area contributed by atoms with Gasteiger partial charge in [-0.25, -0.2) is 13.8 Å². The van der Waals surface area contributed by atoms with Gasteiger partial charge >= 0.3 is 0 Å². The molecule has 0 spiro atoms. The van der Waals surface area contributed by atoms with Gasteiger partial charge in [-0.05, 0) is 26.7 Å². The van der Waals surface area contributed by atoms with Crippen molar-refractivity contribution < 1.29 is 18.3 Å². The molecular weight excluding hydrogens is 340 g/mol. The lowest BCUT2D eigenvalue weighted by Gasteiger charge is -2.33. The van der Waals surface area contributed by atoms with E-state index in [9.17, 15) is 13.6 Å². The zero-order chi connectivity index (χ0) is 18.8. The molecule has 2 heterocycles. The van der Waals surface area contributed by atoms with Crippen LogP contribution in [-0.4, -0.2) is 40.6 Å². The van der Waals surface area contributed by atoms with E-state index in [1.165, 1.54) is 12.0 Å². The summed E-state index contributed by atoms with van der Waals surface area (Å²) in [7, 11) is 1.32. The molecule has 5 nitrogen and oxygen atoms in total. The molecule has 1 aliphatic heterocycles. The van der Waals surface area contributed by atoms with Gasteiger partial charge in [-0.1, -0.05) is 0 Å². The van der Waals surface area contributed by atoms with Crippen LogP contribution in [0.2, 0.25) is 0 Å². The van der Waals surface area contributed by atoms with Crippen LogP contribution in [-0.2, 0) is 0 Å². The Morgan fingerprint density at radius 2 is 2.00 bits per heavy atom. The number of rotatable bonds is 4. The zero-order valence-corrected chi connectivity index (χ0v) is 15.2. The first kappa shape index (κ1) is 18.4. The third kappa shape index (κ3) is 3.43. The van der Waals surface area contributed by atoms with Gasteiger partial charge in [0, 0.05) is 49.6 Å². The number of imidazole rings is 1. The molecule has 1 atom stereocenters. The number of methoxy groups -OCH3 is 1. The predicted octanol–water partition coefficient (Wildman–Crippen LogP) is 3.77. The Balaban J connectivity index is 1.84. The number of amides is 1. The number of halogens is 2. The summed E-state index contributed by atoms with van der Waals surface area (Å²) in [6, 6.07) is 2.32. The molecule has 1 saturated heterocycles. The van der Waals surface area contributed by atoms with Crippen molar-refractivity contribution in [1.82, 2.24) is 14.5 Å². The number of carbonyl (C=O) groups excluding carboxylic acids is 1.